The van der Waals surface area contributed by atoms with E-state index in [1.165, 1.54) is 29.0 Å². The maximum atomic E-state index is 14.6. The Kier molecular flexibility index (Phi) is 11.0. The number of nitrogens with one attached hydrogen (secondary N) is 1. The molecule has 0 aromatic heterocycles. The zero-order valence-corrected chi connectivity index (χ0v) is 21.9. The Morgan fingerprint density at radius 3 is 2.31 bits per heavy atom. The number of hydrogen-bond acceptors (Lipinski definition) is 3. The number of hydrogen-bond donors (Lipinski definition) is 1. The number of aryl methyl sites for hydroxylation is 1. The summed E-state index contributed by atoms with van der Waals surface area (Å²) >= 11 is 1.51. The minimum absolute atomic E-state index is 0.0368. The summed E-state index contributed by atoms with van der Waals surface area (Å²) in [6, 6.07) is 23.5. The number of unbranched alkanes of at least 4 members (excludes halogenated alkanes) is 1. The Morgan fingerprint density at radius 2 is 1.61 bits per heavy atom. The van der Waals surface area contributed by atoms with Gasteiger partial charge in [0.15, 0.2) is 0 Å². The van der Waals surface area contributed by atoms with Gasteiger partial charge in [-0.25, -0.2) is 4.39 Å². The Labute approximate surface area is 218 Å². The van der Waals surface area contributed by atoms with Crippen LogP contribution in [0.25, 0.3) is 0 Å². The lowest BCUT2D eigenvalue weighted by atomic mass is 10.0. The summed E-state index contributed by atoms with van der Waals surface area (Å²) in [6.07, 6.45) is 2.18. The number of nitrogens with zero attached hydrogens (tertiary/aromatic N) is 1. The number of thioether (sulfide) groups is 1. The highest BCUT2D eigenvalue weighted by Gasteiger charge is 2.30. The van der Waals surface area contributed by atoms with Crippen LogP contribution in [0.2, 0.25) is 0 Å². The van der Waals surface area contributed by atoms with Crippen molar-refractivity contribution in [2.75, 3.05) is 12.3 Å². The van der Waals surface area contributed by atoms with Crippen LogP contribution in [-0.4, -0.2) is 35.1 Å². The van der Waals surface area contributed by atoms with Gasteiger partial charge in [0, 0.05) is 30.8 Å². The fourth-order valence-electron chi connectivity index (χ4n) is 3.97. The van der Waals surface area contributed by atoms with Crippen LogP contribution in [0, 0.1) is 12.7 Å². The number of amides is 2. The molecule has 0 saturated heterocycles. The molecule has 2 amide bonds. The number of benzene rings is 3. The van der Waals surface area contributed by atoms with E-state index in [9.17, 15) is 14.0 Å². The third kappa shape index (κ3) is 8.23. The molecule has 3 rings (SSSR count). The van der Waals surface area contributed by atoms with E-state index >= 15 is 0 Å². The molecule has 0 fully saturated rings. The van der Waals surface area contributed by atoms with Crippen molar-refractivity contribution in [3.63, 3.8) is 0 Å². The van der Waals surface area contributed by atoms with Crippen LogP contribution >= 0.6 is 11.8 Å². The van der Waals surface area contributed by atoms with Crippen LogP contribution in [0.15, 0.2) is 78.9 Å². The van der Waals surface area contributed by atoms with Gasteiger partial charge in [-0.3, -0.25) is 9.59 Å². The molecule has 0 saturated carbocycles. The summed E-state index contributed by atoms with van der Waals surface area (Å²) in [6.45, 7) is 4.70. The predicted octanol–water partition coefficient (Wildman–Crippen LogP) is 5.92. The molecule has 3 aromatic rings. The zero-order chi connectivity index (χ0) is 25.8. The number of carbonyl (C=O) groups excluding carboxylic acids is 2. The lowest BCUT2D eigenvalue weighted by molar-refractivity contribution is -0.139. The van der Waals surface area contributed by atoms with Crippen LogP contribution in [0.1, 0.15) is 42.0 Å². The Hall–Kier alpha value is -3.12. The van der Waals surface area contributed by atoms with Gasteiger partial charge in [0.25, 0.3) is 0 Å². The summed E-state index contributed by atoms with van der Waals surface area (Å²) in [5.74, 6) is 0.130. The second-order valence-electron chi connectivity index (χ2n) is 8.88. The number of halogens is 1. The van der Waals surface area contributed by atoms with Crippen molar-refractivity contribution in [1.29, 1.82) is 0 Å². The molecule has 4 nitrogen and oxygen atoms in total. The lowest BCUT2D eigenvalue weighted by Crippen LogP contribution is -2.51. The first-order chi connectivity index (χ1) is 17.5. The zero-order valence-electron chi connectivity index (χ0n) is 21.1. The Bertz CT molecular complexity index is 1120. The Balaban J connectivity index is 1.85. The topological polar surface area (TPSA) is 49.4 Å². The first-order valence-electron chi connectivity index (χ1n) is 12.5. The summed E-state index contributed by atoms with van der Waals surface area (Å²) in [5.41, 5.74) is 3.70. The molecule has 1 N–H and O–H groups in total. The van der Waals surface area contributed by atoms with Crippen molar-refractivity contribution in [2.24, 2.45) is 0 Å². The van der Waals surface area contributed by atoms with Crippen molar-refractivity contribution in [3.05, 3.63) is 107 Å². The van der Waals surface area contributed by atoms with Crippen molar-refractivity contribution < 1.29 is 14.0 Å². The molecule has 36 heavy (non-hydrogen) atoms. The number of rotatable bonds is 13. The van der Waals surface area contributed by atoms with Gasteiger partial charge in [-0.15, -0.1) is 11.8 Å². The van der Waals surface area contributed by atoms with E-state index < -0.39 is 6.04 Å². The third-order valence-corrected chi connectivity index (χ3v) is 7.11. The first-order valence-corrected chi connectivity index (χ1v) is 13.6. The number of carbonyl (C=O) groups is 2. The van der Waals surface area contributed by atoms with E-state index in [-0.39, 0.29) is 29.9 Å². The molecule has 1 atom stereocenters. The van der Waals surface area contributed by atoms with Gasteiger partial charge in [0.2, 0.25) is 11.8 Å². The van der Waals surface area contributed by atoms with Crippen LogP contribution in [0.4, 0.5) is 4.39 Å². The predicted molar refractivity (Wildman–Crippen MR) is 146 cm³/mol. The van der Waals surface area contributed by atoms with Gasteiger partial charge in [0.1, 0.15) is 11.9 Å². The van der Waals surface area contributed by atoms with E-state index in [4.69, 9.17) is 0 Å². The standard InChI is InChI=1S/C30H35FN2O2S/c1-3-4-18-32-30(35)28(19-24-13-6-5-7-14-24)33(20-25-15-10-11-17-27(25)31)29(34)22-36-21-26-16-9-8-12-23(26)2/h5-17,28H,3-4,18-22H2,1-2H3,(H,32,35)/t28-/m1/s1. The largest absolute Gasteiger partial charge is 0.354 e. The van der Waals surface area contributed by atoms with Gasteiger partial charge in [-0.1, -0.05) is 86.1 Å². The normalized spacial score (nSPS) is 11.6. The average Bonchev–Trinajstić information content (AvgIpc) is 2.89. The molecule has 0 aliphatic rings. The van der Waals surface area contributed by atoms with Crippen molar-refractivity contribution >= 4 is 23.6 Å². The van der Waals surface area contributed by atoms with Crippen molar-refractivity contribution in [1.82, 2.24) is 10.2 Å². The summed E-state index contributed by atoms with van der Waals surface area (Å²) in [7, 11) is 0. The SMILES string of the molecule is CCCCNC(=O)[C@@H](Cc1ccccc1)N(Cc1ccccc1F)C(=O)CSCc1ccccc1C. The van der Waals surface area contributed by atoms with Gasteiger partial charge >= 0.3 is 0 Å². The second-order valence-corrected chi connectivity index (χ2v) is 9.87. The molecule has 0 aliphatic carbocycles. The minimum Gasteiger partial charge on any atom is -0.354 e. The van der Waals surface area contributed by atoms with Crippen molar-refractivity contribution in [3.8, 4) is 0 Å². The highest BCUT2D eigenvalue weighted by molar-refractivity contribution is 7.99. The molecule has 0 radical (unpaired) electrons. The molecule has 0 unspecified atom stereocenters. The summed E-state index contributed by atoms with van der Waals surface area (Å²) < 4.78 is 14.6. The van der Waals surface area contributed by atoms with E-state index in [1.807, 2.05) is 42.5 Å². The molecule has 3 aromatic carbocycles. The van der Waals surface area contributed by atoms with Gasteiger partial charge in [-0.2, -0.15) is 0 Å². The molecule has 190 valence electrons. The fraction of sp³-hybridized carbons (Fsp3) is 0.333. The fourth-order valence-corrected chi connectivity index (χ4v) is 4.96. The van der Waals surface area contributed by atoms with Gasteiger partial charge in [0.05, 0.1) is 5.75 Å². The molecule has 0 heterocycles. The summed E-state index contributed by atoms with van der Waals surface area (Å²) in [4.78, 5) is 28.5. The van der Waals surface area contributed by atoms with E-state index in [0.717, 1.165) is 18.4 Å². The van der Waals surface area contributed by atoms with E-state index in [0.29, 0.717) is 24.3 Å². The summed E-state index contributed by atoms with van der Waals surface area (Å²) in [5, 5.41) is 3.00. The molecule has 0 aliphatic heterocycles. The average molecular weight is 507 g/mol. The molecule has 6 heteroatoms. The van der Waals surface area contributed by atoms with Crippen molar-refractivity contribution in [2.45, 2.75) is 51.4 Å². The smallest absolute Gasteiger partial charge is 0.243 e. The molecule has 0 bridgehead atoms. The van der Waals surface area contributed by atoms with Crippen LogP contribution < -0.4 is 5.32 Å². The highest BCUT2D eigenvalue weighted by atomic mass is 32.2. The minimum atomic E-state index is -0.740. The second kappa shape index (κ2) is 14.4. The van der Waals surface area contributed by atoms with Crippen LogP contribution in [0.5, 0.6) is 0 Å². The maximum absolute atomic E-state index is 14.6. The lowest BCUT2D eigenvalue weighted by Gasteiger charge is -2.31. The van der Waals surface area contributed by atoms with Crippen LogP contribution in [0.3, 0.4) is 0 Å². The maximum Gasteiger partial charge on any atom is 0.243 e. The Morgan fingerprint density at radius 1 is 0.944 bits per heavy atom. The quantitative estimate of drug-likeness (QED) is 0.293. The first kappa shape index (κ1) is 27.5. The van der Waals surface area contributed by atoms with Crippen LogP contribution in [-0.2, 0) is 28.3 Å². The third-order valence-electron chi connectivity index (χ3n) is 6.14. The molecular weight excluding hydrogens is 471 g/mol. The van der Waals surface area contributed by atoms with E-state index in [2.05, 4.69) is 31.3 Å². The van der Waals surface area contributed by atoms with Gasteiger partial charge < -0.3 is 10.2 Å². The monoisotopic (exact) mass is 506 g/mol. The van der Waals surface area contributed by atoms with E-state index in [1.54, 1.807) is 23.1 Å². The van der Waals surface area contributed by atoms with Gasteiger partial charge in [-0.05, 0) is 36.1 Å². The highest BCUT2D eigenvalue weighted by Crippen LogP contribution is 2.20. The molecular formula is C30H35FN2O2S. The molecule has 0 spiro atoms.